The maximum atomic E-state index is 10.3. The Bertz CT molecular complexity index is 355. The monoisotopic (exact) mass is 254 g/mol. The molecule has 0 aliphatic heterocycles. The molecule has 0 bridgehead atoms. The van der Waals surface area contributed by atoms with Gasteiger partial charge in [-0.3, -0.25) is 4.68 Å². The van der Waals surface area contributed by atoms with E-state index in [1.165, 1.54) is 0 Å². The van der Waals surface area contributed by atoms with Gasteiger partial charge in [-0.25, -0.2) is 0 Å². The van der Waals surface area contributed by atoms with E-state index < -0.39 is 6.10 Å². The SMILES string of the molecule is CCOC(C(O)CCc1ccnn1C)C(C)(C)C. The van der Waals surface area contributed by atoms with Gasteiger partial charge in [-0.05, 0) is 31.2 Å². The molecular formula is C14H26N2O2. The molecule has 0 spiro atoms. The normalized spacial score (nSPS) is 15.7. The molecule has 0 fully saturated rings. The van der Waals surface area contributed by atoms with E-state index in [1.54, 1.807) is 6.20 Å². The van der Waals surface area contributed by atoms with Crippen molar-refractivity contribution in [2.75, 3.05) is 6.61 Å². The molecule has 0 aromatic carbocycles. The van der Waals surface area contributed by atoms with Gasteiger partial charge in [-0.2, -0.15) is 5.10 Å². The first kappa shape index (κ1) is 15.2. The molecule has 1 N–H and O–H groups in total. The van der Waals surface area contributed by atoms with Crippen LogP contribution in [0, 0.1) is 5.41 Å². The molecule has 0 saturated carbocycles. The van der Waals surface area contributed by atoms with Crippen LogP contribution in [0.2, 0.25) is 0 Å². The van der Waals surface area contributed by atoms with Crippen LogP contribution in [0.3, 0.4) is 0 Å². The molecule has 4 heteroatoms. The third-order valence-electron chi connectivity index (χ3n) is 3.17. The molecule has 0 aliphatic rings. The van der Waals surface area contributed by atoms with Gasteiger partial charge in [0, 0.05) is 25.5 Å². The van der Waals surface area contributed by atoms with Crippen molar-refractivity contribution in [2.45, 2.75) is 52.7 Å². The highest BCUT2D eigenvalue weighted by Crippen LogP contribution is 2.27. The molecule has 1 aromatic heterocycles. The molecule has 1 heterocycles. The minimum atomic E-state index is -0.445. The fourth-order valence-corrected chi connectivity index (χ4v) is 2.21. The predicted molar refractivity (Wildman–Crippen MR) is 72.4 cm³/mol. The molecule has 2 unspecified atom stereocenters. The number of aliphatic hydroxyl groups is 1. The minimum Gasteiger partial charge on any atom is -0.390 e. The summed E-state index contributed by atoms with van der Waals surface area (Å²) in [6.07, 6.45) is 2.72. The van der Waals surface area contributed by atoms with E-state index in [4.69, 9.17) is 4.74 Å². The van der Waals surface area contributed by atoms with Crippen LogP contribution in [0.25, 0.3) is 0 Å². The smallest absolute Gasteiger partial charge is 0.0881 e. The molecule has 2 atom stereocenters. The van der Waals surface area contributed by atoms with Crippen LogP contribution in [0.15, 0.2) is 12.3 Å². The van der Waals surface area contributed by atoms with Gasteiger partial charge in [0.25, 0.3) is 0 Å². The minimum absolute atomic E-state index is 0.0537. The van der Waals surface area contributed by atoms with Crippen LogP contribution in [-0.2, 0) is 18.2 Å². The van der Waals surface area contributed by atoms with Gasteiger partial charge in [-0.15, -0.1) is 0 Å². The van der Waals surface area contributed by atoms with Crippen molar-refractivity contribution in [3.63, 3.8) is 0 Å². The number of nitrogens with zero attached hydrogens (tertiary/aromatic N) is 2. The number of aryl methyl sites for hydroxylation is 2. The quantitative estimate of drug-likeness (QED) is 0.846. The molecule has 104 valence electrons. The van der Waals surface area contributed by atoms with Crippen LogP contribution in [0.1, 0.15) is 39.8 Å². The van der Waals surface area contributed by atoms with Crippen LogP contribution >= 0.6 is 0 Å². The van der Waals surface area contributed by atoms with E-state index in [0.29, 0.717) is 13.0 Å². The first-order valence-corrected chi connectivity index (χ1v) is 6.62. The van der Waals surface area contributed by atoms with Crippen molar-refractivity contribution < 1.29 is 9.84 Å². The Balaban J connectivity index is 2.57. The van der Waals surface area contributed by atoms with E-state index in [1.807, 2.05) is 24.7 Å². The van der Waals surface area contributed by atoms with Gasteiger partial charge in [0.1, 0.15) is 0 Å². The van der Waals surface area contributed by atoms with Gasteiger partial charge in [0.05, 0.1) is 12.2 Å². The van der Waals surface area contributed by atoms with E-state index in [0.717, 1.165) is 12.1 Å². The molecule has 18 heavy (non-hydrogen) atoms. The summed E-state index contributed by atoms with van der Waals surface area (Å²) in [7, 11) is 1.92. The van der Waals surface area contributed by atoms with Crippen LogP contribution in [0.4, 0.5) is 0 Å². The van der Waals surface area contributed by atoms with Crippen molar-refractivity contribution in [3.05, 3.63) is 18.0 Å². The molecule has 0 radical (unpaired) electrons. The van der Waals surface area contributed by atoms with E-state index in [9.17, 15) is 5.11 Å². The topological polar surface area (TPSA) is 47.3 Å². The van der Waals surface area contributed by atoms with Crippen molar-refractivity contribution in [1.29, 1.82) is 0 Å². The molecule has 0 amide bonds. The van der Waals surface area contributed by atoms with E-state index in [-0.39, 0.29) is 11.5 Å². The standard InChI is InChI=1S/C14H26N2O2/c1-6-18-13(14(2,3)4)12(17)8-7-11-9-10-15-16(11)5/h9-10,12-13,17H,6-8H2,1-5H3. The lowest BCUT2D eigenvalue weighted by molar-refractivity contribution is -0.0901. The van der Waals surface area contributed by atoms with Crippen molar-refractivity contribution in [1.82, 2.24) is 9.78 Å². The maximum Gasteiger partial charge on any atom is 0.0881 e. The fraction of sp³-hybridized carbons (Fsp3) is 0.786. The van der Waals surface area contributed by atoms with E-state index >= 15 is 0 Å². The van der Waals surface area contributed by atoms with Crippen LogP contribution in [0.5, 0.6) is 0 Å². The predicted octanol–water partition coefficient (Wildman–Crippen LogP) is 2.16. The summed E-state index contributed by atoms with van der Waals surface area (Å²) in [5.41, 5.74) is 1.08. The largest absolute Gasteiger partial charge is 0.390 e. The average molecular weight is 254 g/mol. The molecule has 0 aliphatic carbocycles. The second-order valence-electron chi connectivity index (χ2n) is 5.79. The van der Waals surface area contributed by atoms with Crippen molar-refractivity contribution >= 4 is 0 Å². The van der Waals surface area contributed by atoms with Crippen molar-refractivity contribution in [2.24, 2.45) is 12.5 Å². The first-order chi connectivity index (χ1) is 8.36. The Kier molecular flexibility index (Phi) is 5.35. The highest BCUT2D eigenvalue weighted by molar-refractivity contribution is 5.00. The van der Waals surface area contributed by atoms with Gasteiger partial charge in [0.15, 0.2) is 0 Å². The summed E-state index contributed by atoms with van der Waals surface area (Å²) in [6, 6.07) is 1.99. The molecule has 1 aromatic rings. The summed E-state index contributed by atoms with van der Waals surface area (Å²) >= 11 is 0. The fourth-order valence-electron chi connectivity index (χ4n) is 2.21. The Morgan fingerprint density at radius 1 is 1.44 bits per heavy atom. The lowest BCUT2D eigenvalue weighted by atomic mass is 9.84. The summed E-state index contributed by atoms with van der Waals surface area (Å²) in [5, 5.41) is 14.4. The third kappa shape index (κ3) is 4.10. The summed E-state index contributed by atoms with van der Waals surface area (Å²) in [5.74, 6) is 0. The Labute approximate surface area is 110 Å². The van der Waals surface area contributed by atoms with Crippen molar-refractivity contribution in [3.8, 4) is 0 Å². The summed E-state index contributed by atoms with van der Waals surface area (Å²) in [6.45, 7) is 8.89. The molecular weight excluding hydrogens is 228 g/mol. The zero-order valence-electron chi connectivity index (χ0n) is 12.2. The summed E-state index contributed by atoms with van der Waals surface area (Å²) < 4.78 is 7.54. The number of ether oxygens (including phenoxy) is 1. The van der Waals surface area contributed by atoms with E-state index in [2.05, 4.69) is 25.9 Å². The second kappa shape index (κ2) is 6.34. The Morgan fingerprint density at radius 3 is 2.56 bits per heavy atom. The van der Waals surface area contributed by atoms with Gasteiger partial charge in [0.2, 0.25) is 0 Å². The third-order valence-corrected chi connectivity index (χ3v) is 3.17. The first-order valence-electron chi connectivity index (χ1n) is 6.62. The number of rotatable bonds is 6. The maximum absolute atomic E-state index is 10.3. The second-order valence-corrected chi connectivity index (χ2v) is 5.79. The lowest BCUT2D eigenvalue weighted by Crippen LogP contribution is -2.40. The Morgan fingerprint density at radius 2 is 2.11 bits per heavy atom. The van der Waals surface area contributed by atoms with Gasteiger partial charge in [-0.1, -0.05) is 20.8 Å². The van der Waals surface area contributed by atoms with Gasteiger partial charge >= 0.3 is 0 Å². The number of aliphatic hydroxyl groups excluding tert-OH is 1. The molecule has 4 nitrogen and oxygen atoms in total. The number of hydrogen-bond acceptors (Lipinski definition) is 3. The lowest BCUT2D eigenvalue weighted by Gasteiger charge is -2.34. The highest BCUT2D eigenvalue weighted by Gasteiger charge is 2.31. The average Bonchev–Trinajstić information content (AvgIpc) is 2.67. The number of hydrogen-bond donors (Lipinski definition) is 1. The van der Waals surface area contributed by atoms with Gasteiger partial charge < -0.3 is 9.84 Å². The number of aromatic nitrogens is 2. The van der Waals surface area contributed by atoms with Crippen LogP contribution < -0.4 is 0 Å². The highest BCUT2D eigenvalue weighted by atomic mass is 16.5. The zero-order chi connectivity index (χ0) is 13.8. The van der Waals surface area contributed by atoms with Crippen LogP contribution in [-0.4, -0.2) is 33.7 Å². The summed E-state index contributed by atoms with van der Waals surface area (Å²) in [4.78, 5) is 0. The molecule has 0 saturated heterocycles. The Hall–Kier alpha value is -0.870. The zero-order valence-corrected chi connectivity index (χ0v) is 12.2. The molecule has 1 rings (SSSR count).